The first kappa shape index (κ1) is 66.2. The molecule has 0 aliphatic carbocycles. The van der Waals surface area contributed by atoms with E-state index in [2.05, 4.69) is 38.2 Å². The first-order valence-corrected chi connectivity index (χ1v) is 29.4. The van der Waals surface area contributed by atoms with E-state index in [1.165, 1.54) is 122 Å². The van der Waals surface area contributed by atoms with Crippen molar-refractivity contribution in [3.63, 3.8) is 0 Å². The van der Waals surface area contributed by atoms with Crippen LogP contribution < -0.4 is 10.2 Å². The Morgan fingerprint density at radius 1 is 0.522 bits per heavy atom. The molecule has 0 aliphatic heterocycles. The number of ether oxygens (including phenoxy) is 1. The summed E-state index contributed by atoms with van der Waals surface area (Å²) in [5, 5.41) is 2.99. The van der Waals surface area contributed by atoms with Crippen LogP contribution in [0.2, 0.25) is 0 Å². The summed E-state index contributed by atoms with van der Waals surface area (Å²) < 4.78 is 30.2. The molecule has 0 aromatic heterocycles. The van der Waals surface area contributed by atoms with Crippen molar-refractivity contribution in [1.82, 2.24) is 5.32 Å². The summed E-state index contributed by atoms with van der Waals surface area (Å²) >= 11 is 0. The molecule has 9 nitrogen and oxygen atoms in total. The van der Waals surface area contributed by atoms with Crippen molar-refractivity contribution in [1.29, 1.82) is 0 Å². The maximum Gasteiger partial charge on any atom is 0.306 e. The Hall–Kier alpha value is -2.81. The Morgan fingerprint density at radius 2 is 0.928 bits per heavy atom. The van der Waals surface area contributed by atoms with Crippen molar-refractivity contribution >= 4 is 19.7 Å². The SMILES string of the molecule is CC\C=C/C=C/C=C/C=C\C=C\C=C\CCCCCC(=O)NC(COP(=O)([O-])OCC[N+](C)(C)C)C(/C=C/CCCCCCCCCCCC)OC(=O)CCCCCCCCCCCCCCCC. The molecule has 69 heavy (non-hydrogen) atoms. The molecule has 0 fully saturated rings. The second-order valence-electron chi connectivity index (χ2n) is 19.9. The van der Waals surface area contributed by atoms with Gasteiger partial charge >= 0.3 is 5.97 Å². The molecule has 1 N–H and O–H groups in total. The van der Waals surface area contributed by atoms with Crippen LogP contribution in [0.1, 0.15) is 226 Å². The number of amides is 1. The average Bonchev–Trinajstić information content (AvgIpc) is 3.31. The van der Waals surface area contributed by atoms with Crippen molar-refractivity contribution in [2.45, 2.75) is 238 Å². The predicted molar refractivity (Wildman–Crippen MR) is 293 cm³/mol. The summed E-state index contributed by atoms with van der Waals surface area (Å²) in [4.78, 5) is 39.8. The summed E-state index contributed by atoms with van der Waals surface area (Å²) in [5.41, 5.74) is 0. The van der Waals surface area contributed by atoms with Crippen molar-refractivity contribution in [3.8, 4) is 0 Å². The van der Waals surface area contributed by atoms with E-state index in [1.807, 2.05) is 94.1 Å². The van der Waals surface area contributed by atoms with E-state index in [1.54, 1.807) is 0 Å². The number of likely N-dealkylation sites (N-methyl/N-ethyl adjacent to an activating group) is 1. The van der Waals surface area contributed by atoms with E-state index < -0.39 is 26.6 Å². The van der Waals surface area contributed by atoms with E-state index in [-0.39, 0.29) is 31.3 Å². The first-order valence-electron chi connectivity index (χ1n) is 28.0. The number of allylic oxidation sites excluding steroid dienone is 13. The van der Waals surface area contributed by atoms with Crippen LogP contribution in [0.25, 0.3) is 0 Å². The quantitative estimate of drug-likeness (QED) is 0.0161. The topological polar surface area (TPSA) is 114 Å². The third-order valence-electron chi connectivity index (χ3n) is 12.0. The van der Waals surface area contributed by atoms with Gasteiger partial charge in [-0.1, -0.05) is 247 Å². The van der Waals surface area contributed by atoms with Gasteiger partial charge in [0.25, 0.3) is 7.82 Å². The molecule has 0 radical (unpaired) electrons. The molecule has 0 saturated heterocycles. The van der Waals surface area contributed by atoms with Crippen LogP contribution in [0.5, 0.6) is 0 Å². The largest absolute Gasteiger partial charge is 0.756 e. The summed E-state index contributed by atoms with van der Waals surface area (Å²) in [6.45, 7) is 6.65. The molecule has 10 heteroatoms. The van der Waals surface area contributed by atoms with Gasteiger partial charge < -0.3 is 28.5 Å². The molecule has 0 rings (SSSR count). The lowest BCUT2D eigenvalue weighted by molar-refractivity contribution is -0.870. The highest BCUT2D eigenvalue weighted by atomic mass is 31.2. The minimum Gasteiger partial charge on any atom is -0.756 e. The number of esters is 1. The lowest BCUT2D eigenvalue weighted by Crippen LogP contribution is -2.47. The molecule has 0 aromatic rings. The van der Waals surface area contributed by atoms with Gasteiger partial charge in [-0.25, -0.2) is 0 Å². The number of nitrogens with one attached hydrogen (secondary N) is 1. The van der Waals surface area contributed by atoms with E-state index in [4.69, 9.17) is 13.8 Å². The minimum absolute atomic E-state index is 0.0343. The number of phosphoric ester groups is 1. The van der Waals surface area contributed by atoms with E-state index in [0.29, 0.717) is 17.4 Å². The number of carbonyl (C=O) groups is 2. The molecule has 1 amide bonds. The van der Waals surface area contributed by atoms with Gasteiger partial charge in [0.2, 0.25) is 5.91 Å². The van der Waals surface area contributed by atoms with Crippen LogP contribution in [0.4, 0.5) is 0 Å². The standard InChI is InChI=1S/C59H105N2O7P/c1-7-10-13-16-19-22-25-28-30-31-32-33-36-39-42-45-48-51-58(62)60-56(55-67-69(64,65)66-54-53-61(4,5)6)57(50-47-44-41-38-35-27-24-21-18-15-12-9-3)68-59(63)52-49-46-43-40-37-34-29-26-23-20-17-14-11-8-2/h10,13,16,19,22,25,28,30-33,36,47,50,56-57H,7-9,11-12,14-15,17-18,20-21,23-24,26-27,29,34-35,37-46,48-49,51-55H2,1-6H3,(H-,60,62,64,65)/b13-10-,19-16+,25-22+,30-28-,32-31+,36-33+,50-47+. The van der Waals surface area contributed by atoms with E-state index >= 15 is 0 Å². The van der Waals surface area contributed by atoms with Crippen molar-refractivity contribution < 1.29 is 37.3 Å². The summed E-state index contributed by atoms with van der Waals surface area (Å²) in [7, 11) is 1.14. The van der Waals surface area contributed by atoms with Crippen LogP contribution in [0.15, 0.2) is 85.1 Å². The van der Waals surface area contributed by atoms with Crippen LogP contribution >= 0.6 is 7.82 Å². The maximum absolute atomic E-state index is 13.5. The molecule has 0 bridgehead atoms. The second-order valence-corrected chi connectivity index (χ2v) is 21.3. The highest BCUT2D eigenvalue weighted by Gasteiger charge is 2.27. The Labute approximate surface area is 425 Å². The highest BCUT2D eigenvalue weighted by molar-refractivity contribution is 7.45. The number of nitrogens with zero attached hydrogens (tertiary/aromatic N) is 1. The molecule has 0 saturated carbocycles. The second kappa shape index (κ2) is 48.8. The predicted octanol–water partition coefficient (Wildman–Crippen LogP) is 16.0. The zero-order chi connectivity index (χ0) is 50.8. The fourth-order valence-electron chi connectivity index (χ4n) is 7.67. The van der Waals surface area contributed by atoms with Crippen molar-refractivity contribution in [2.24, 2.45) is 0 Å². The summed E-state index contributed by atoms with van der Waals surface area (Å²) in [6, 6.07) is -0.912. The molecule has 0 heterocycles. The minimum atomic E-state index is -4.71. The Morgan fingerprint density at radius 3 is 1.41 bits per heavy atom. The molecule has 3 atom stereocenters. The monoisotopic (exact) mass is 985 g/mol. The Kier molecular flexibility index (Phi) is 46.8. The molecule has 0 aromatic carbocycles. The van der Waals surface area contributed by atoms with Crippen molar-refractivity contribution in [2.75, 3.05) is 40.9 Å². The number of hydrogen-bond donors (Lipinski definition) is 1. The third-order valence-corrected chi connectivity index (χ3v) is 13.0. The van der Waals surface area contributed by atoms with Gasteiger partial charge in [0.05, 0.1) is 33.8 Å². The molecular formula is C59H105N2O7P. The first-order chi connectivity index (χ1) is 33.4. The zero-order valence-corrected chi connectivity index (χ0v) is 46.1. The maximum atomic E-state index is 13.5. The van der Waals surface area contributed by atoms with Crippen LogP contribution in [0, 0.1) is 0 Å². The fraction of sp³-hybridized carbons (Fsp3) is 0.729. The fourth-order valence-corrected chi connectivity index (χ4v) is 8.39. The lowest BCUT2D eigenvalue weighted by atomic mass is 10.0. The zero-order valence-electron chi connectivity index (χ0n) is 45.2. The van der Waals surface area contributed by atoms with Gasteiger partial charge in [0.15, 0.2) is 0 Å². The van der Waals surface area contributed by atoms with Crippen molar-refractivity contribution in [3.05, 3.63) is 85.1 Å². The number of rotatable bonds is 49. The third kappa shape index (κ3) is 49.9. The van der Waals surface area contributed by atoms with Gasteiger partial charge in [-0.3, -0.25) is 14.2 Å². The summed E-state index contributed by atoms with van der Waals surface area (Å²) in [5.74, 6) is -0.593. The van der Waals surface area contributed by atoms with Gasteiger partial charge in [-0.15, -0.1) is 0 Å². The lowest BCUT2D eigenvalue weighted by Gasteiger charge is -2.30. The number of hydrogen-bond acceptors (Lipinski definition) is 7. The number of quaternary nitrogens is 1. The molecule has 3 unspecified atom stereocenters. The van der Waals surface area contributed by atoms with E-state index in [9.17, 15) is 19.0 Å². The molecule has 0 aliphatic rings. The Bertz CT molecular complexity index is 1460. The van der Waals surface area contributed by atoms with Crippen LogP contribution in [-0.4, -0.2) is 69.4 Å². The highest BCUT2D eigenvalue weighted by Crippen LogP contribution is 2.38. The number of unbranched alkanes of at least 4 members (excludes halogenated alkanes) is 26. The number of phosphoric acid groups is 1. The van der Waals surface area contributed by atoms with Gasteiger partial charge in [-0.05, 0) is 51.0 Å². The molecule has 0 spiro atoms. The summed E-state index contributed by atoms with van der Waals surface area (Å²) in [6.07, 6.45) is 62.6. The molecule has 398 valence electrons. The average molecular weight is 985 g/mol. The molecular weight excluding hydrogens is 880 g/mol. The number of carbonyl (C=O) groups excluding carboxylic acids is 2. The van der Waals surface area contributed by atoms with Gasteiger partial charge in [0.1, 0.15) is 19.3 Å². The van der Waals surface area contributed by atoms with Gasteiger partial charge in [0, 0.05) is 12.8 Å². The normalized spacial score (nSPS) is 14.5. The Balaban J connectivity index is 5.47. The van der Waals surface area contributed by atoms with Crippen LogP contribution in [-0.2, 0) is 27.9 Å². The van der Waals surface area contributed by atoms with E-state index in [0.717, 1.165) is 64.2 Å². The van der Waals surface area contributed by atoms with Crippen LogP contribution in [0.3, 0.4) is 0 Å². The van der Waals surface area contributed by atoms with Gasteiger partial charge in [-0.2, -0.15) is 0 Å². The smallest absolute Gasteiger partial charge is 0.306 e.